The van der Waals surface area contributed by atoms with E-state index in [1.165, 1.54) is 34.3 Å². The quantitative estimate of drug-likeness (QED) is 0.246. The molecule has 5 aromatic rings. The van der Waals surface area contributed by atoms with Crippen molar-refractivity contribution in [2.75, 3.05) is 12.4 Å². The SMILES string of the molecule is COc1ccc(/C=C/C(=O)Nc2ccc(-n3cnn(CC(O)(Cn4cncn4)c4ccc(F)cc4F)c3=O)cc2)cc1. The summed E-state index contributed by atoms with van der Waals surface area (Å²) in [7, 11) is 1.58. The zero-order valence-corrected chi connectivity index (χ0v) is 22.3. The van der Waals surface area contributed by atoms with Crippen LogP contribution in [-0.2, 0) is 23.5 Å². The van der Waals surface area contributed by atoms with Crippen molar-refractivity contribution in [1.82, 2.24) is 29.1 Å². The van der Waals surface area contributed by atoms with Gasteiger partial charge < -0.3 is 15.2 Å². The average Bonchev–Trinajstić information content (AvgIpc) is 3.62. The van der Waals surface area contributed by atoms with Crippen molar-refractivity contribution >= 4 is 17.7 Å². The van der Waals surface area contributed by atoms with Crippen LogP contribution in [0, 0.1) is 11.6 Å². The number of benzene rings is 3. The highest BCUT2D eigenvalue weighted by Crippen LogP contribution is 2.28. The Morgan fingerprint density at radius 1 is 1.02 bits per heavy atom. The standard InChI is InChI=1S/C29H25F2N7O4/c1-42-24-10-2-20(3-11-24)4-13-27(39)35-22-6-8-23(9-7-22)37-19-34-38(28(37)40)16-29(41,15-36-18-32-17-33-36)25-12-5-21(30)14-26(25)31/h2-14,17-19,41H,15-16H2,1H3,(H,35,39)/b13-4+. The van der Waals surface area contributed by atoms with Crippen LogP contribution < -0.4 is 15.7 Å². The molecule has 1 unspecified atom stereocenters. The Morgan fingerprint density at radius 3 is 2.45 bits per heavy atom. The minimum Gasteiger partial charge on any atom is -0.497 e. The first-order valence-corrected chi connectivity index (χ1v) is 12.6. The molecule has 3 aromatic carbocycles. The van der Waals surface area contributed by atoms with Crippen molar-refractivity contribution in [2.24, 2.45) is 0 Å². The van der Waals surface area contributed by atoms with Gasteiger partial charge in [-0.2, -0.15) is 10.2 Å². The van der Waals surface area contributed by atoms with Crippen molar-refractivity contribution in [3.63, 3.8) is 0 Å². The molecule has 214 valence electrons. The molecule has 2 aromatic heterocycles. The molecule has 0 saturated carbocycles. The van der Waals surface area contributed by atoms with E-state index in [2.05, 4.69) is 20.5 Å². The Kier molecular flexibility index (Phi) is 8.02. The van der Waals surface area contributed by atoms with Gasteiger partial charge >= 0.3 is 5.69 Å². The molecule has 0 aliphatic rings. The Labute approximate surface area is 238 Å². The number of carbonyl (C=O) groups excluding carboxylic acids is 1. The lowest BCUT2D eigenvalue weighted by Gasteiger charge is -2.28. The van der Waals surface area contributed by atoms with Crippen LogP contribution in [0.4, 0.5) is 14.5 Å². The fraction of sp³-hybridized carbons (Fsp3) is 0.138. The second-order valence-corrected chi connectivity index (χ2v) is 9.33. The average molecular weight is 574 g/mol. The van der Waals surface area contributed by atoms with Gasteiger partial charge in [0, 0.05) is 23.4 Å². The van der Waals surface area contributed by atoms with Gasteiger partial charge in [0.1, 0.15) is 42.0 Å². The number of hydrogen-bond acceptors (Lipinski definition) is 7. The van der Waals surface area contributed by atoms with Crippen LogP contribution in [0.2, 0.25) is 0 Å². The van der Waals surface area contributed by atoms with Crippen LogP contribution in [0.15, 0.2) is 96.6 Å². The second-order valence-electron chi connectivity index (χ2n) is 9.33. The summed E-state index contributed by atoms with van der Waals surface area (Å²) in [5.74, 6) is -1.43. The summed E-state index contributed by atoms with van der Waals surface area (Å²) < 4.78 is 36.9. The number of anilines is 1. The van der Waals surface area contributed by atoms with Crippen LogP contribution in [0.5, 0.6) is 5.75 Å². The zero-order valence-electron chi connectivity index (χ0n) is 22.3. The van der Waals surface area contributed by atoms with Gasteiger partial charge in [-0.1, -0.05) is 18.2 Å². The number of halogens is 2. The molecule has 1 amide bonds. The van der Waals surface area contributed by atoms with E-state index >= 15 is 0 Å². The number of amides is 1. The van der Waals surface area contributed by atoms with Crippen molar-refractivity contribution in [3.05, 3.63) is 125 Å². The highest BCUT2D eigenvalue weighted by molar-refractivity contribution is 6.01. The first-order chi connectivity index (χ1) is 20.2. The lowest BCUT2D eigenvalue weighted by molar-refractivity contribution is -0.111. The molecule has 5 rings (SSSR count). The maximum atomic E-state index is 14.7. The normalized spacial score (nSPS) is 12.8. The largest absolute Gasteiger partial charge is 0.497 e. The van der Waals surface area contributed by atoms with Crippen molar-refractivity contribution in [1.29, 1.82) is 0 Å². The van der Waals surface area contributed by atoms with Gasteiger partial charge in [-0.05, 0) is 54.1 Å². The number of hydrogen-bond donors (Lipinski definition) is 2. The van der Waals surface area contributed by atoms with E-state index in [0.29, 0.717) is 23.2 Å². The fourth-order valence-electron chi connectivity index (χ4n) is 4.32. The topological polar surface area (TPSA) is 129 Å². The van der Waals surface area contributed by atoms with Crippen LogP contribution in [-0.4, -0.2) is 47.2 Å². The number of ether oxygens (including phenoxy) is 1. The monoisotopic (exact) mass is 573 g/mol. The Hall–Kier alpha value is -5.43. The minimum absolute atomic E-state index is 0.234. The molecule has 0 fully saturated rings. The first-order valence-electron chi connectivity index (χ1n) is 12.6. The van der Waals surface area contributed by atoms with Gasteiger partial charge in [-0.3, -0.25) is 4.79 Å². The predicted octanol–water partition coefficient (Wildman–Crippen LogP) is 3.15. The lowest BCUT2D eigenvalue weighted by atomic mass is 9.93. The smallest absolute Gasteiger partial charge is 0.350 e. The minimum atomic E-state index is -2.03. The van der Waals surface area contributed by atoms with Crippen LogP contribution in [0.3, 0.4) is 0 Å². The summed E-state index contributed by atoms with van der Waals surface area (Å²) >= 11 is 0. The number of nitrogens with one attached hydrogen (secondary N) is 1. The van der Waals surface area contributed by atoms with Crippen LogP contribution in [0.1, 0.15) is 11.1 Å². The van der Waals surface area contributed by atoms with E-state index < -0.39 is 29.5 Å². The van der Waals surface area contributed by atoms with Gasteiger partial charge in [-0.25, -0.2) is 32.5 Å². The van der Waals surface area contributed by atoms with Crippen molar-refractivity contribution < 1.29 is 23.4 Å². The van der Waals surface area contributed by atoms with E-state index in [0.717, 1.165) is 22.4 Å². The number of aliphatic hydroxyl groups is 1. The molecule has 1 atom stereocenters. The zero-order chi connectivity index (χ0) is 29.7. The molecule has 13 heteroatoms. The van der Waals surface area contributed by atoms with E-state index in [4.69, 9.17) is 4.74 Å². The molecule has 0 radical (unpaired) electrons. The van der Waals surface area contributed by atoms with E-state index in [-0.39, 0.29) is 18.0 Å². The summed E-state index contributed by atoms with van der Waals surface area (Å²) in [6.07, 6.45) is 6.88. The predicted molar refractivity (Wildman–Crippen MR) is 149 cm³/mol. The molecular formula is C29H25F2N7O4. The summed E-state index contributed by atoms with van der Waals surface area (Å²) in [5, 5.41) is 22.3. The molecular weight excluding hydrogens is 548 g/mol. The summed E-state index contributed by atoms with van der Waals surface area (Å²) in [5.41, 5.74) is -1.12. The van der Waals surface area contributed by atoms with Gasteiger partial charge in [0.2, 0.25) is 5.91 Å². The number of rotatable bonds is 10. The van der Waals surface area contributed by atoms with E-state index in [9.17, 15) is 23.5 Å². The maximum absolute atomic E-state index is 14.7. The van der Waals surface area contributed by atoms with Gasteiger partial charge in [0.15, 0.2) is 0 Å². The Balaban J connectivity index is 1.31. The molecule has 2 heterocycles. The number of aromatic nitrogens is 6. The maximum Gasteiger partial charge on any atom is 0.350 e. The van der Waals surface area contributed by atoms with Crippen LogP contribution in [0.25, 0.3) is 11.8 Å². The molecule has 0 aliphatic carbocycles. The molecule has 11 nitrogen and oxygen atoms in total. The van der Waals surface area contributed by atoms with Gasteiger partial charge in [0.25, 0.3) is 0 Å². The van der Waals surface area contributed by atoms with Crippen LogP contribution >= 0.6 is 0 Å². The third-order valence-corrected chi connectivity index (χ3v) is 6.42. The number of methoxy groups -OCH3 is 1. The highest BCUT2D eigenvalue weighted by Gasteiger charge is 2.35. The fourth-order valence-corrected chi connectivity index (χ4v) is 4.32. The number of carbonyl (C=O) groups is 1. The molecule has 0 aliphatic heterocycles. The lowest BCUT2D eigenvalue weighted by Crippen LogP contribution is -2.41. The Bertz CT molecular complexity index is 1770. The molecule has 42 heavy (non-hydrogen) atoms. The molecule has 0 saturated heterocycles. The van der Waals surface area contributed by atoms with Crippen molar-refractivity contribution in [3.8, 4) is 11.4 Å². The summed E-state index contributed by atoms with van der Waals surface area (Å²) in [6, 6.07) is 16.5. The highest BCUT2D eigenvalue weighted by atomic mass is 19.1. The van der Waals surface area contributed by atoms with E-state index in [1.807, 2.05) is 12.1 Å². The number of nitrogens with zero attached hydrogens (tertiary/aromatic N) is 6. The Morgan fingerprint density at radius 2 is 1.79 bits per heavy atom. The molecule has 0 spiro atoms. The third-order valence-electron chi connectivity index (χ3n) is 6.42. The van der Waals surface area contributed by atoms with Gasteiger partial charge in [-0.15, -0.1) is 0 Å². The molecule has 2 N–H and O–H groups in total. The van der Waals surface area contributed by atoms with Gasteiger partial charge in [0.05, 0.1) is 25.9 Å². The van der Waals surface area contributed by atoms with E-state index in [1.54, 1.807) is 49.6 Å². The summed E-state index contributed by atoms with van der Waals surface area (Å²) in [6.45, 7) is -0.744. The van der Waals surface area contributed by atoms with Crippen molar-refractivity contribution in [2.45, 2.75) is 18.7 Å². The third kappa shape index (κ3) is 6.31. The molecule has 0 bridgehead atoms. The first kappa shape index (κ1) is 28.1. The summed E-state index contributed by atoms with van der Waals surface area (Å²) in [4.78, 5) is 29.4. The second kappa shape index (κ2) is 12.0.